The van der Waals surface area contributed by atoms with E-state index in [1.807, 2.05) is 30.3 Å². The fourth-order valence-electron chi connectivity index (χ4n) is 2.86. The minimum atomic E-state index is -0.345. The molecular formula is C18H20N4O2. The highest BCUT2D eigenvalue weighted by molar-refractivity contribution is 6.11. The van der Waals surface area contributed by atoms with E-state index in [1.54, 1.807) is 6.07 Å². The molecule has 3 aromatic rings. The molecule has 1 heterocycles. The number of nitro benzene ring substituents is 1. The molecule has 0 spiro atoms. The van der Waals surface area contributed by atoms with E-state index in [4.69, 9.17) is 0 Å². The third-order valence-electron chi connectivity index (χ3n) is 3.96. The van der Waals surface area contributed by atoms with Crippen molar-refractivity contribution < 1.29 is 4.92 Å². The molecule has 0 aliphatic heterocycles. The summed E-state index contributed by atoms with van der Waals surface area (Å²) in [6.07, 6.45) is 0.937. The van der Waals surface area contributed by atoms with Crippen LogP contribution in [0.3, 0.4) is 0 Å². The van der Waals surface area contributed by atoms with Crippen molar-refractivity contribution in [2.45, 2.75) is 13.3 Å². The largest absolute Gasteiger partial charge is 0.384 e. The van der Waals surface area contributed by atoms with Crippen LogP contribution in [-0.2, 0) is 0 Å². The molecule has 6 nitrogen and oxygen atoms in total. The van der Waals surface area contributed by atoms with Crippen molar-refractivity contribution in [3.05, 3.63) is 52.6 Å². The summed E-state index contributed by atoms with van der Waals surface area (Å²) in [7, 11) is 0. The molecule has 1 aromatic heterocycles. The van der Waals surface area contributed by atoms with Gasteiger partial charge in [0.2, 0.25) is 0 Å². The van der Waals surface area contributed by atoms with Gasteiger partial charge in [-0.3, -0.25) is 10.1 Å². The number of para-hydroxylation sites is 1. The summed E-state index contributed by atoms with van der Waals surface area (Å²) in [5, 5.41) is 19.6. The Morgan fingerprint density at radius 1 is 1.08 bits per heavy atom. The zero-order chi connectivity index (χ0) is 16.9. The van der Waals surface area contributed by atoms with Crippen molar-refractivity contribution in [2.24, 2.45) is 0 Å². The van der Waals surface area contributed by atoms with Gasteiger partial charge in [0.15, 0.2) is 0 Å². The first-order valence-corrected chi connectivity index (χ1v) is 8.13. The highest BCUT2D eigenvalue weighted by Crippen LogP contribution is 2.36. The molecule has 6 heteroatoms. The van der Waals surface area contributed by atoms with E-state index < -0.39 is 0 Å². The van der Waals surface area contributed by atoms with Gasteiger partial charge in [0.1, 0.15) is 5.39 Å². The highest BCUT2D eigenvalue weighted by Gasteiger charge is 2.18. The molecular weight excluding hydrogens is 304 g/mol. The molecule has 0 radical (unpaired) electrons. The second kappa shape index (κ2) is 7.23. The number of nitrogens with one attached hydrogen (secondary N) is 2. The van der Waals surface area contributed by atoms with Crippen molar-refractivity contribution in [1.82, 2.24) is 10.3 Å². The van der Waals surface area contributed by atoms with Crippen molar-refractivity contribution in [3.63, 3.8) is 0 Å². The molecule has 0 unspecified atom stereocenters. The fourth-order valence-corrected chi connectivity index (χ4v) is 2.86. The zero-order valence-electron chi connectivity index (χ0n) is 13.6. The average Bonchev–Trinajstić information content (AvgIpc) is 2.60. The van der Waals surface area contributed by atoms with E-state index >= 15 is 0 Å². The van der Waals surface area contributed by atoms with Gasteiger partial charge in [0.25, 0.3) is 5.69 Å². The van der Waals surface area contributed by atoms with Gasteiger partial charge < -0.3 is 10.6 Å². The standard InChI is InChI=1S/C18H20N4O2/c1-2-19-11-6-12-20-18-13-7-3-4-8-14(13)21-15-9-5-10-16(17(15)18)22(23)24/h3-5,7-10,19H,2,6,11-12H2,1H3,(H,20,21). The van der Waals surface area contributed by atoms with Crippen molar-refractivity contribution in [1.29, 1.82) is 0 Å². The summed E-state index contributed by atoms with van der Waals surface area (Å²) in [6.45, 7) is 4.65. The monoisotopic (exact) mass is 324 g/mol. The third kappa shape index (κ3) is 3.14. The average molecular weight is 324 g/mol. The van der Waals surface area contributed by atoms with Crippen LogP contribution in [0.15, 0.2) is 42.5 Å². The van der Waals surface area contributed by atoms with Crippen LogP contribution in [0.2, 0.25) is 0 Å². The molecule has 3 rings (SSSR count). The van der Waals surface area contributed by atoms with E-state index in [0.717, 1.165) is 42.6 Å². The number of pyridine rings is 1. The Hall–Kier alpha value is -2.73. The number of rotatable bonds is 7. The summed E-state index contributed by atoms with van der Waals surface area (Å²) in [5.74, 6) is 0. The molecule has 0 saturated heterocycles. The van der Waals surface area contributed by atoms with Crippen LogP contribution >= 0.6 is 0 Å². The number of benzene rings is 2. The van der Waals surface area contributed by atoms with E-state index in [-0.39, 0.29) is 10.6 Å². The SMILES string of the molecule is CCNCCCNc1c2ccccc2nc2cccc([N+](=O)[O-])c12. The van der Waals surface area contributed by atoms with E-state index in [2.05, 4.69) is 22.5 Å². The quantitative estimate of drug-likeness (QED) is 0.300. The summed E-state index contributed by atoms with van der Waals surface area (Å²) in [6, 6.07) is 12.8. The van der Waals surface area contributed by atoms with Crippen LogP contribution in [-0.4, -0.2) is 29.5 Å². The minimum Gasteiger partial charge on any atom is -0.384 e. The Labute approximate surface area is 140 Å². The topological polar surface area (TPSA) is 80.1 Å². The maximum Gasteiger partial charge on any atom is 0.280 e. The Morgan fingerprint density at radius 3 is 2.67 bits per heavy atom. The maximum atomic E-state index is 11.5. The third-order valence-corrected chi connectivity index (χ3v) is 3.96. The number of nitro groups is 1. The van der Waals surface area contributed by atoms with Crippen molar-refractivity contribution in [3.8, 4) is 0 Å². The number of aromatic nitrogens is 1. The van der Waals surface area contributed by atoms with Gasteiger partial charge >= 0.3 is 0 Å². The minimum absolute atomic E-state index is 0.0833. The van der Waals surface area contributed by atoms with Gasteiger partial charge in [-0.25, -0.2) is 4.98 Å². The first kappa shape index (κ1) is 16.1. The summed E-state index contributed by atoms with van der Waals surface area (Å²) >= 11 is 0. The van der Waals surface area contributed by atoms with Crippen LogP contribution in [0.1, 0.15) is 13.3 Å². The molecule has 0 aliphatic carbocycles. The lowest BCUT2D eigenvalue weighted by atomic mass is 10.1. The summed E-state index contributed by atoms with van der Waals surface area (Å²) in [5.41, 5.74) is 2.34. The molecule has 0 fully saturated rings. The van der Waals surface area contributed by atoms with Gasteiger partial charge in [0.05, 0.1) is 21.6 Å². The molecule has 0 atom stereocenters. The lowest BCUT2D eigenvalue weighted by Crippen LogP contribution is -2.17. The van der Waals surface area contributed by atoms with Crippen LogP contribution in [0.4, 0.5) is 11.4 Å². The summed E-state index contributed by atoms with van der Waals surface area (Å²) < 4.78 is 0. The molecule has 0 amide bonds. The second-order valence-electron chi connectivity index (χ2n) is 5.57. The van der Waals surface area contributed by atoms with Gasteiger partial charge in [0, 0.05) is 18.0 Å². The lowest BCUT2D eigenvalue weighted by Gasteiger charge is -2.13. The number of nitrogens with zero attached hydrogens (tertiary/aromatic N) is 2. The molecule has 24 heavy (non-hydrogen) atoms. The van der Waals surface area contributed by atoms with Crippen molar-refractivity contribution in [2.75, 3.05) is 25.0 Å². The molecule has 2 N–H and O–H groups in total. The van der Waals surface area contributed by atoms with Crippen LogP contribution in [0, 0.1) is 10.1 Å². The van der Waals surface area contributed by atoms with Crippen LogP contribution < -0.4 is 10.6 Å². The van der Waals surface area contributed by atoms with E-state index in [9.17, 15) is 10.1 Å². The second-order valence-corrected chi connectivity index (χ2v) is 5.57. The van der Waals surface area contributed by atoms with E-state index in [1.165, 1.54) is 6.07 Å². The molecule has 2 aromatic carbocycles. The number of hydrogen-bond donors (Lipinski definition) is 2. The highest BCUT2D eigenvalue weighted by atomic mass is 16.6. The Kier molecular flexibility index (Phi) is 4.86. The Morgan fingerprint density at radius 2 is 1.88 bits per heavy atom. The first-order valence-electron chi connectivity index (χ1n) is 8.13. The van der Waals surface area contributed by atoms with Crippen molar-refractivity contribution >= 4 is 33.2 Å². The van der Waals surface area contributed by atoms with Crippen LogP contribution in [0.5, 0.6) is 0 Å². The van der Waals surface area contributed by atoms with Gasteiger partial charge in [-0.1, -0.05) is 31.2 Å². The smallest absolute Gasteiger partial charge is 0.280 e. The molecule has 0 saturated carbocycles. The number of non-ortho nitro benzene ring substituents is 1. The van der Waals surface area contributed by atoms with E-state index in [0.29, 0.717) is 10.9 Å². The fraction of sp³-hybridized carbons (Fsp3) is 0.278. The maximum absolute atomic E-state index is 11.5. The van der Waals surface area contributed by atoms with Gasteiger partial charge in [-0.05, 0) is 31.6 Å². The molecule has 0 bridgehead atoms. The number of hydrogen-bond acceptors (Lipinski definition) is 5. The lowest BCUT2D eigenvalue weighted by molar-refractivity contribution is -0.383. The Balaban J connectivity index is 2.11. The molecule has 124 valence electrons. The zero-order valence-corrected chi connectivity index (χ0v) is 13.6. The normalized spacial score (nSPS) is 11.0. The summed E-state index contributed by atoms with van der Waals surface area (Å²) in [4.78, 5) is 15.7. The number of anilines is 1. The first-order chi connectivity index (χ1) is 11.7. The van der Waals surface area contributed by atoms with Gasteiger partial charge in [-0.15, -0.1) is 0 Å². The predicted molar refractivity (Wildman–Crippen MR) is 97.6 cm³/mol. The van der Waals surface area contributed by atoms with Gasteiger partial charge in [-0.2, -0.15) is 0 Å². The predicted octanol–water partition coefficient (Wildman–Crippen LogP) is 3.71. The number of fused-ring (bicyclic) bond motifs is 2. The Bertz CT molecular complexity index is 879. The molecule has 0 aliphatic rings. The van der Waals surface area contributed by atoms with Crippen LogP contribution in [0.25, 0.3) is 21.8 Å².